The van der Waals surface area contributed by atoms with Crippen LogP contribution in [-0.2, 0) is 6.61 Å². The van der Waals surface area contributed by atoms with E-state index in [2.05, 4.69) is 41.9 Å². The molecule has 1 aliphatic heterocycles. The van der Waals surface area contributed by atoms with E-state index in [1.165, 1.54) is 30.5 Å². The molecule has 2 heterocycles. The van der Waals surface area contributed by atoms with Gasteiger partial charge in [-0.25, -0.2) is 4.98 Å². The van der Waals surface area contributed by atoms with Crippen LogP contribution in [0.15, 0.2) is 48.7 Å². The molecule has 1 aromatic heterocycles. The van der Waals surface area contributed by atoms with Crippen molar-refractivity contribution in [1.29, 1.82) is 0 Å². The average molecular weight is 310 g/mol. The summed E-state index contributed by atoms with van der Waals surface area (Å²) in [6.45, 7) is 7.45. The van der Waals surface area contributed by atoms with Gasteiger partial charge >= 0.3 is 0 Å². The number of likely N-dealkylation sites (tertiary alicyclic amines) is 1. The highest BCUT2D eigenvalue weighted by Crippen LogP contribution is 2.36. The summed E-state index contributed by atoms with van der Waals surface area (Å²) < 4.78 is 6.05. The second-order valence-corrected chi connectivity index (χ2v) is 6.72. The maximum absolute atomic E-state index is 6.05. The highest BCUT2D eigenvalue weighted by Gasteiger charge is 2.29. The standard InChI is InChI=1S/C20H26N2O/c1-16(2)14-22-13-7-11-19(22)18-10-6-12-21-20(18)23-15-17-8-4-3-5-9-17/h3-6,8-10,12,16,19H,7,11,13-15H2,1-2H3/t19-/m1/s1. The van der Waals surface area contributed by atoms with Gasteiger partial charge in [-0.2, -0.15) is 0 Å². The van der Waals surface area contributed by atoms with Gasteiger partial charge in [0.05, 0.1) is 0 Å². The Hall–Kier alpha value is -1.87. The highest BCUT2D eigenvalue weighted by atomic mass is 16.5. The Labute approximate surface area is 139 Å². The molecule has 1 saturated heterocycles. The van der Waals surface area contributed by atoms with Crippen LogP contribution in [0.25, 0.3) is 0 Å². The van der Waals surface area contributed by atoms with Gasteiger partial charge in [0.1, 0.15) is 6.61 Å². The smallest absolute Gasteiger partial charge is 0.218 e. The minimum atomic E-state index is 0.442. The number of hydrogen-bond donors (Lipinski definition) is 0. The molecule has 0 radical (unpaired) electrons. The van der Waals surface area contributed by atoms with Crippen molar-refractivity contribution in [3.63, 3.8) is 0 Å². The summed E-state index contributed by atoms with van der Waals surface area (Å²) in [6.07, 6.45) is 4.27. The quantitative estimate of drug-likeness (QED) is 0.788. The van der Waals surface area contributed by atoms with E-state index in [-0.39, 0.29) is 0 Å². The monoisotopic (exact) mass is 310 g/mol. The first-order valence-electron chi connectivity index (χ1n) is 8.59. The molecule has 122 valence electrons. The fourth-order valence-electron chi connectivity index (χ4n) is 3.37. The summed E-state index contributed by atoms with van der Waals surface area (Å²) in [5, 5.41) is 0. The Morgan fingerprint density at radius 1 is 1.17 bits per heavy atom. The Bertz CT molecular complexity index is 612. The number of aromatic nitrogens is 1. The van der Waals surface area contributed by atoms with Crippen LogP contribution >= 0.6 is 0 Å². The molecule has 0 saturated carbocycles. The summed E-state index contributed by atoms with van der Waals surface area (Å²) in [6, 6.07) is 14.9. The van der Waals surface area contributed by atoms with E-state index in [1.54, 1.807) is 0 Å². The van der Waals surface area contributed by atoms with Gasteiger partial charge < -0.3 is 4.74 Å². The number of rotatable bonds is 6. The van der Waals surface area contributed by atoms with Crippen molar-refractivity contribution in [2.45, 2.75) is 39.3 Å². The summed E-state index contributed by atoms with van der Waals surface area (Å²) in [7, 11) is 0. The second-order valence-electron chi connectivity index (χ2n) is 6.72. The molecule has 0 aliphatic carbocycles. The van der Waals surface area contributed by atoms with E-state index >= 15 is 0 Å². The average Bonchev–Trinajstić information content (AvgIpc) is 3.01. The molecule has 1 fully saturated rings. The lowest BCUT2D eigenvalue weighted by Gasteiger charge is -2.27. The minimum Gasteiger partial charge on any atom is -0.473 e. The molecule has 0 unspecified atom stereocenters. The normalized spacial score (nSPS) is 18.5. The van der Waals surface area contributed by atoms with Crippen LogP contribution in [-0.4, -0.2) is 23.0 Å². The lowest BCUT2D eigenvalue weighted by Crippen LogP contribution is -2.27. The molecule has 23 heavy (non-hydrogen) atoms. The van der Waals surface area contributed by atoms with Gasteiger partial charge in [-0.15, -0.1) is 0 Å². The van der Waals surface area contributed by atoms with Crippen molar-refractivity contribution in [3.8, 4) is 5.88 Å². The topological polar surface area (TPSA) is 25.4 Å². The number of ether oxygens (including phenoxy) is 1. The molecule has 1 atom stereocenters. The maximum Gasteiger partial charge on any atom is 0.218 e. The van der Waals surface area contributed by atoms with Crippen molar-refractivity contribution in [2.24, 2.45) is 5.92 Å². The van der Waals surface area contributed by atoms with Gasteiger partial charge in [-0.05, 0) is 36.9 Å². The molecule has 0 spiro atoms. The molecule has 2 aromatic rings. The zero-order valence-electron chi connectivity index (χ0n) is 14.1. The Balaban J connectivity index is 1.75. The predicted molar refractivity (Wildman–Crippen MR) is 93.4 cm³/mol. The maximum atomic E-state index is 6.05. The number of hydrogen-bond acceptors (Lipinski definition) is 3. The Morgan fingerprint density at radius 3 is 2.78 bits per heavy atom. The van der Waals surface area contributed by atoms with Crippen LogP contribution in [0.3, 0.4) is 0 Å². The molecule has 1 aliphatic rings. The molecular weight excluding hydrogens is 284 g/mol. The van der Waals surface area contributed by atoms with Crippen LogP contribution in [0.5, 0.6) is 5.88 Å². The summed E-state index contributed by atoms with van der Waals surface area (Å²) in [4.78, 5) is 7.08. The second kappa shape index (κ2) is 7.60. The third kappa shape index (κ3) is 4.11. The fraction of sp³-hybridized carbons (Fsp3) is 0.450. The van der Waals surface area contributed by atoms with E-state index in [1.807, 2.05) is 30.5 Å². The summed E-state index contributed by atoms with van der Waals surface area (Å²) in [5.74, 6) is 1.47. The summed E-state index contributed by atoms with van der Waals surface area (Å²) in [5.41, 5.74) is 2.41. The van der Waals surface area contributed by atoms with Crippen LogP contribution in [0.1, 0.15) is 43.9 Å². The lowest BCUT2D eigenvalue weighted by atomic mass is 10.1. The van der Waals surface area contributed by atoms with E-state index in [9.17, 15) is 0 Å². The van der Waals surface area contributed by atoms with Crippen LogP contribution < -0.4 is 4.74 Å². The number of benzene rings is 1. The van der Waals surface area contributed by atoms with E-state index in [4.69, 9.17) is 4.74 Å². The van der Waals surface area contributed by atoms with Gasteiger partial charge in [0.25, 0.3) is 0 Å². The van der Waals surface area contributed by atoms with Gasteiger partial charge in [-0.3, -0.25) is 4.90 Å². The zero-order valence-corrected chi connectivity index (χ0v) is 14.1. The molecular formula is C20H26N2O. The first kappa shape index (κ1) is 16.0. The van der Waals surface area contributed by atoms with E-state index in [0.29, 0.717) is 18.6 Å². The molecule has 3 nitrogen and oxygen atoms in total. The van der Waals surface area contributed by atoms with Crippen molar-refractivity contribution in [1.82, 2.24) is 9.88 Å². The van der Waals surface area contributed by atoms with Crippen LogP contribution in [0, 0.1) is 5.92 Å². The van der Waals surface area contributed by atoms with Crippen molar-refractivity contribution < 1.29 is 4.74 Å². The lowest BCUT2D eigenvalue weighted by molar-refractivity contribution is 0.217. The third-order valence-electron chi connectivity index (χ3n) is 4.34. The zero-order chi connectivity index (χ0) is 16.1. The predicted octanol–water partition coefficient (Wildman–Crippen LogP) is 4.45. The Kier molecular flexibility index (Phi) is 5.29. The van der Waals surface area contributed by atoms with Gasteiger partial charge in [0, 0.05) is 24.3 Å². The Morgan fingerprint density at radius 2 is 2.00 bits per heavy atom. The molecule has 3 rings (SSSR count). The molecule has 3 heteroatoms. The molecule has 0 amide bonds. The largest absolute Gasteiger partial charge is 0.473 e. The van der Waals surface area contributed by atoms with E-state index in [0.717, 1.165) is 12.4 Å². The molecule has 0 bridgehead atoms. The van der Waals surface area contributed by atoms with Crippen LogP contribution in [0.2, 0.25) is 0 Å². The first-order valence-corrected chi connectivity index (χ1v) is 8.59. The van der Waals surface area contributed by atoms with Crippen molar-refractivity contribution in [3.05, 3.63) is 59.8 Å². The van der Waals surface area contributed by atoms with Gasteiger partial charge in [0.15, 0.2) is 0 Å². The fourth-order valence-corrected chi connectivity index (χ4v) is 3.37. The molecule has 1 aromatic carbocycles. The van der Waals surface area contributed by atoms with Crippen molar-refractivity contribution in [2.75, 3.05) is 13.1 Å². The van der Waals surface area contributed by atoms with Crippen molar-refractivity contribution >= 4 is 0 Å². The van der Waals surface area contributed by atoms with Gasteiger partial charge in [0.2, 0.25) is 5.88 Å². The first-order chi connectivity index (χ1) is 11.2. The highest BCUT2D eigenvalue weighted by molar-refractivity contribution is 5.30. The number of pyridine rings is 1. The van der Waals surface area contributed by atoms with E-state index < -0.39 is 0 Å². The SMILES string of the molecule is CC(C)CN1CCC[C@@H]1c1cccnc1OCc1ccccc1. The molecule has 0 N–H and O–H groups in total. The third-order valence-corrected chi connectivity index (χ3v) is 4.34. The van der Waals surface area contributed by atoms with Crippen LogP contribution in [0.4, 0.5) is 0 Å². The summed E-state index contributed by atoms with van der Waals surface area (Å²) >= 11 is 0. The van der Waals surface area contributed by atoms with Gasteiger partial charge in [-0.1, -0.05) is 50.2 Å². The number of nitrogens with zero attached hydrogens (tertiary/aromatic N) is 2. The minimum absolute atomic E-state index is 0.442.